The number of hydrogen-bond donors (Lipinski definition) is 2. The van der Waals surface area contributed by atoms with E-state index < -0.39 is 5.91 Å². The van der Waals surface area contributed by atoms with Crippen LogP contribution < -0.4 is 11.1 Å². The first-order chi connectivity index (χ1) is 9.63. The maximum absolute atomic E-state index is 11.9. The standard InChI is InChI=1S/C12H15N7O/c1-3-7-8(4-2)18-19-12(16-7)17-11(20)9-5-15-10(13)6-14-9/h5-6H,3-4H2,1-2H3,(H2,13,15)(H,16,17,19,20). The van der Waals surface area contributed by atoms with E-state index in [4.69, 9.17) is 5.73 Å². The van der Waals surface area contributed by atoms with Crippen LogP contribution in [0.15, 0.2) is 12.4 Å². The lowest BCUT2D eigenvalue weighted by molar-refractivity contribution is 0.102. The number of anilines is 2. The minimum absolute atomic E-state index is 0.139. The monoisotopic (exact) mass is 273 g/mol. The van der Waals surface area contributed by atoms with Gasteiger partial charge >= 0.3 is 0 Å². The Labute approximate surface area is 115 Å². The summed E-state index contributed by atoms with van der Waals surface area (Å²) in [5, 5.41) is 10.5. The van der Waals surface area contributed by atoms with Gasteiger partial charge in [0.1, 0.15) is 11.5 Å². The Morgan fingerprint density at radius 2 is 1.90 bits per heavy atom. The molecular weight excluding hydrogens is 258 g/mol. The zero-order valence-electron chi connectivity index (χ0n) is 11.3. The van der Waals surface area contributed by atoms with Gasteiger partial charge < -0.3 is 5.73 Å². The van der Waals surface area contributed by atoms with Crippen LogP contribution in [0, 0.1) is 0 Å². The van der Waals surface area contributed by atoms with Crippen molar-refractivity contribution in [3.63, 3.8) is 0 Å². The van der Waals surface area contributed by atoms with E-state index >= 15 is 0 Å². The predicted molar refractivity (Wildman–Crippen MR) is 73.0 cm³/mol. The van der Waals surface area contributed by atoms with Gasteiger partial charge in [-0.2, -0.15) is 0 Å². The number of hydrogen-bond acceptors (Lipinski definition) is 7. The SMILES string of the molecule is CCc1nnc(NC(=O)c2cnc(N)cn2)nc1CC. The third-order valence-corrected chi connectivity index (χ3v) is 2.64. The summed E-state index contributed by atoms with van der Waals surface area (Å²) >= 11 is 0. The van der Waals surface area contributed by atoms with Gasteiger partial charge in [-0.3, -0.25) is 10.1 Å². The van der Waals surface area contributed by atoms with Crippen molar-refractivity contribution in [3.05, 3.63) is 29.5 Å². The molecule has 0 bridgehead atoms. The minimum atomic E-state index is -0.453. The Morgan fingerprint density at radius 1 is 1.15 bits per heavy atom. The van der Waals surface area contributed by atoms with Crippen molar-refractivity contribution in [2.45, 2.75) is 26.7 Å². The maximum atomic E-state index is 11.9. The molecule has 2 aromatic heterocycles. The van der Waals surface area contributed by atoms with E-state index in [1.165, 1.54) is 12.4 Å². The normalized spacial score (nSPS) is 10.3. The summed E-state index contributed by atoms with van der Waals surface area (Å²) in [7, 11) is 0. The Morgan fingerprint density at radius 3 is 2.50 bits per heavy atom. The van der Waals surface area contributed by atoms with Gasteiger partial charge in [0.05, 0.1) is 23.8 Å². The Bertz CT molecular complexity index is 612. The third kappa shape index (κ3) is 3.02. The Balaban J connectivity index is 2.17. The van der Waals surface area contributed by atoms with Gasteiger partial charge in [-0.1, -0.05) is 13.8 Å². The van der Waals surface area contributed by atoms with Crippen LogP contribution in [0.4, 0.5) is 11.8 Å². The molecule has 0 atom stereocenters. The minimum Gasteiger partial charge on any atom is -0.382 e. The second-order valence-electron chi connectivity index (χ2n) is 4.02. The molecule has 8 heteroatoms. The highest BCUT2D eigenvalue weighted by molar-refractivity contribution is 6.01. The fourth-order valence-electron chi connectivity index (χ4n) is 1.61. The van der Waals surface area contributed by atoms with Crippen molar-refractivity contribution in [1.82, 2.24) is 25.1 Å². The summed E-state index contributed by atoms with van der Waals surface area (Å²) in [6.45, 7) is 3.95. The summed E-state index contributed by atoms with van der Waals surface area (Å²) in [5.74, 6) is -0.0479. The predicted octanol–water partition coefficient (Wildman–Crippen LogP) is 0.621. The highest BCUT2D eigenvalue weighted by Crippen LogP contribution is 2.07. The average molecular weight is 273 g/mol. The van der Waals surface area contributed by atoms with E-state index in [9.17, 15) is 4.79 Å². The van der Waals surface area contributed by atoms with Crippen LogP contribution in [0.2, 0.25) is 0 Å². The van der Waals surface area contributed by atoms with Gasteiger partial charge in [0.15, 0.2) is 0 Å². The number of aryl methyl sites for hydroxylation is 2. The number of carbonyl (C=O) groups is 1. The lowest BCUT2D eigenvalue weighted by atomic mass is 10.2. The van der Waals surface area contributed by atoms with Crippen molar-refractivity contribution in [1.29, 1.82) is 0 Å². The summed E-state index contributed by atoms with van der Waals surface area (Å²) < 4.78 is 0. The van der Waals surface area contributed by atoms with Crippen molar-refractivity contribution in [2.24, 2.45) is 0 Å². The maximum Gasteiger partial charge on any atom is 0.278 e. The fraction of sp³-hybridized carbons (Fsp3) is 0.333. The first-order valence-electron chi connectivity index (χ1n) is 6.25. The summed E-state index contributed by atoms with van der Waals surface area (Å²) in [4.78, 5) is 23.9. The molecule has 2 aromatic rings. The highest BCUT2D eigenvalue weighted by atomic mass is 16.2. The smallest absolute Gasteiger partial charge is 0.278 e. The molecule has 0 spiro atoms. The molecule has 0 aromatic carbocycles. The zero-order valence-corrected chi connectivity index (χ0v) is 11.3. The molecule has 0 radical (unpaired) electrons. The fourth-order valence-corrected chi connectivity index (χ4v) is 1.61. The van der Waals surface area contributed by atoms with E-state index in [-0.39, 0.29) is 17.5 Å². The van der Waals surface area contributed by atoms with Crippen molar-refractivity contribution in [3.8, 4) is 0 Å². The number of nitrogens with zero attached hydrogens (tertiary/aromatic N) is 5. The molecule has 0 fully saturated rings. The molecule has 0 saturated carbocycles. The van der Waals surface area contributed by atoms with Gasteiger partial charge in [0.25, 0.3) is 5.91 Å². The first kappa shape index (κ1) is 13.8. The van der Waals surface area contributed by atoms with Gasteiger partial charge in [-0.05, 0) is 12.8 Å². The molecule has 0 aliphatic rings. The molecule has 20 heavy (non-hydrogen) atoms. The van der Waals surface area contributed by atoms with Gasteiger partial charge in [0, 0.05) is 0 Å². The summed E-state index contributed by atoms with van der Waals surface area (Å²) in [6.07, 6.45) is 4.08. The summed E-state index contributed by atoms with van der Waals surface area (Å²) in [6, 6.07) is 0. The van der Waals surface area contributed by atoms with E-state index in [1.807, 2.05) is 13.8 Å². The van der Waals surface area contributed by atoms with Crippen LogP contribution in [-0.4, -0.2) is 31.1 Å². The largest absolute Gasteiger partial charge is 0.382 e. The van der Waals surface area contributed by atoms with Crippen molar-refractivity contribution >= 4 is 17.7 Å². The molecule has 3 N–H and O–H groups in total. The lowest BCUT2D eigenvalue weighted by Crippen LogP contribution is -2.18. The average Bonchev–Trinajstić information content (AvgIpc) is 2.47. The third-order valence-electron chi connectivity index (χ3n) is 2.64. The number of nitrogen functional groups attached to an aromatic ring is 1. The number of aromatic nitrogens is 5. The number of amides is 1. The van der Waals surface area contributed by atoms with Crippen LogP contribution >= 0.6 is 0 Å². The molecule has 0 aliphatic carbocycles. The van der Waals surface area contributed by atoms with Crippen LogP contribution in [-0.2, 0) is 12.8 Å². The number of rotatable bonds is 4. The Kier molecular flexibility index (Phi) is 4.14. The van der Waals surface area contributed by atoms with E-state index in [1.54, 1.807) is 0 Å². The zero-order chi connectivity index (χ0) is 14.5. The highest BCUT2D eigenvalue weighted by Gasteiger charge is 2.12. The van der Waals surface area contributed by atoms with Crippen LogP contribution in [0.1, 0.15) is 35.7 Å². The van der Waals surface area contributed by atoms with Crippen molar-refractivity contribution in [2.75, 3.05) is 11.1 Å². The molecule has 2 heterocycles. The van der Waals surface area contributed by atoms with Gasteiger partial charge in [0.2, 0.25) is 5.95 Å². The molecule has 0 aliphatic heterocycles. The first-order valence-corrected chi connectivity index (χ1v) is 6.25. The number of nitrogens with two attached hydrogens (primary N) is 1. The van der Waals surface area contributed by atoms with Crippen LogP contribution in [0.3, 0.4) is 0 Å². The molecular formula is C12H15N7O. The molecule has 0 saturated heterocycles. The lowest BCUT2D eigenvalue weighted by Gasteiger charge is -2.06. The number of nitrogens with one attached hydrogen (secondary N) is 1. The van der Waals surface area contributed by atoms with E-state index in [0.717, 1.165) is 24.2 Å². The van der Waals surface area contributed by atoms with Gasteiger partial charge in [-0.15, -0.1) is 10.2 Å². The van der Waals surface area contributed by atoms with Crippen molar-refractivity contribution < 1.29 is 4.79 Å². The van der Waals surface area contributed by atoms with E-state index in [0.29, 0.717) is 0 Å². The van der Waals surface area contributed by atoms with E-state index in [2.05, 4.69) is 30.5 Å². The molecule has 2 rings (SSSR count). The van der Waals surface area contributed by atoms with Gasteiger partial charge in [-0.25, -0.2) is 15.0 Å². The second kappa shape index (κ2) is 6.00. The van der Waals surface area contributed by atoms with Crippen LogP contribution in [0.25, 0.3) is 0 Å². The van der Waals surface area contributed by atoms with Crippen LogP contribution in [0.5, 0.6) is 0 Å². The molecule has 0 unspecified atom stereocenters. The number of carbonyl (C=O) groups excluding carboxylic acids is 1. The summed E-state index contributed by atoms with van der Waals surface area (Å²) in [5.41, 5.74) is 7.20. The molecule has 104 valence electrons. The second-order valence-corrected chi connectivity index (χ2v) is 4.02. The topological polar surface area (TPSA) is 120 Å². The quantitative estimate of drug-likeness (QED) is 0.837. The molecule has 8 nitrogen and oxygen atoms in total. The Hall–Kier alpha value is -2.64. The molecule has 1 amide bonds.